The number of pyridine rings is 1. The molecule has 0 saturated carbocycles. The van der Waals surface area contributed by atoms with Crippen LogP contribution in [0.15, 0.2) is 37.1 Å². The Morgan fingerprint density at radius 3 is 3.12 bits per heavy atom. The molecule has 2 N–H and O–H groups in total. The van der Waals surface area contributed by atoms with Gasteiger partial charge in [0.2, 0.25) is 0 Å². The molecule has 3 rings (SSSR count). The third kappa shape index (κ3) is 4.38. The molecule has 0 unspecified atom stereocenters. The standard InChI is InChI=1S/C16H21ClN6O/c17-14-3-1-5-19-15(14)23-9-4-13(11-23)21-16(24)20-6-2-8-22-10-7-18-12-22/h1,3,5,7,10,12-13H,2,4,6,8-9,11H2,(H2,20,21,24)/t13-/m0/s1. The molecule has 1 atom stereocenters. The lowest BCUT2D eigenvalue weighted by molar-refractivity contribution is 0.237. The maximum atomic E-state index is 12.0. The van der Waals surface area contributed by atoms with Crippen molar-refractivity contribution in [2.45, 2.75) is 25.4 Å². The highest BCUT2D eigenvalue weighted by atomic mass is 35.5. The molecule has 7 nitrogen and oxygen atoms in total. The number of nitrogens with one attached hydrogen (secondary N) is 2. The largest absolute Gasteiger partial charge is 0.353 e. The Hall–Kier alpha value is -2.28. The molecule has 1 fully saturated rings. The summed E-state index contributed by atoms with van der Waals surface area (Å²) in [5.41, 5.74) is 0. The minimum absolute atomic E-state index is 0.108. The van der Waals surface area contributed by atoms with Gasteiger partial charge in [0.05, 0.1) is 11.3 Å². The predicted octanol–water partition coefficient (Wildman–Crippen LogP) is 1.90. The first-order valence-corrected chi connectivity index (χ1v) is 8.46. The normalized spacial score (nSPS) is 17.0. The number of amides is 2. The Balaban J connectivity index is 1.37. The first-order valence-electron chi connectivity index (χ1n) is 8.08. The molecule has 0 aliphatic carbocycles. The van der Waals surface area contributed by atoms with Crippen LogP contribution in [0.3, 0.4) is 0 Å². The summed E-state index contributed by atoms with van der Waals surface area (Å²) in [6.45, 7) is 3.03. The van der Waals surface area contributed by atoms with Gasteiger partial charge >= 0.3 is 6.03 Å². The summed E-state index contributed by atoms with van der Waals surface area (Å²) < 4.78 is 1.99. The van der Waals surface area contributed by atoms with E-state index < -0.39 is 0 Å². The van der Waals surface area contributed by atoms with Crippen LogP contribution < -0.4 is 15.5 Å². The molecule has 128 valence electrons. The number of halogens is 1. The fourth-order valence-electron chi connectivity index (χ4n) is 2.80. The van der Waals surface area contributed by atoms with Crippen LogP contribution >= 0.6 is 11.6 Å². The van der Waals surface area contributed by atoms with Crippen molar-refractivity contribution in [2.24, 2.45) is 0 Å². The van der Waals surface area contributed by atoms with Gasteiger partial charge in [0.1, 0.15) is 5.82 Å². The van der Waals surface area contributed by atoms with Crippen molar-refractivity contribution in [3.05, 3.63) is 42.1 Å². The highest BCUT2D eigenvalue weighted by molar-refractivity contribution is 6.32. The number of hydrogen-bond acceptors (Lipinski definition) is 4. The van der Waals surface area contributed by atoms with Crippen molar-refractivity contribution in [3.8, 4) is 0 Å². The topological polar surface area (TPSA) is 75.1 Å². The minimum Gasteiger partial charge on any atom is -0.353 e. The van der Waals surface area contributed by atoms with Gasteiger partial charge in [-0.25, -0.2) is 14.8 Å². The first-order chi connectivity index (χ1) is 11.7. The van der Waals surface area contributed by atoms with E-state index in [9.17, 15) is 4.79 Å². The van der Waals surface area contributed by atoms with E-state index in [4.69, 9.17) is 11.6 Å². The number of carbonyl (C=O) groups is 1. The van der Waals surface area contributed by atoms with Gasteiger partial charge in [-0.3, -0.25) is 0 Å². The van der Waals surface area contributed by atoms with Crippen LogP contribution in [0.4, 0.5) is 10.6 Å². The van der Waals surface area contributed by atoms with Crippen molar-refractivity contribution in [1.82, 2.24) is 25.2 Å². The van der Waals surface area contributed by atoms with Crippen LogP contribution in [0.2, 0.25) is 5.02 Å². The van der Waals surface area contributed by atoms with Gasteiger partial charge in [-0.2, -0.15) is 0 Å². The molecule has 1 saturated heterocycles. The molecule has 0 bridgehead atoms. The van der Waals surface area contributed by atoms with Crippen molar-refractivity contribution in [3.63, 3.8) is 0 Å². The number of carbonyl (C=O) groups excluding carboxylic acids is 1. The summed E-state index contributed by atoms with van der Waals surface area (Å²) in [4.78, 5) is 22.4. The second kappa shape index (κ2) is 8.01. The van der Waals surface area contributed by atoms with Crippen LogP contribution in [-0.4, -0.2) is 46.2 Å². The molecule has 0 spiro atoms. The van der Waals surface area contributed by atoms with Gasteiger partial charge in [0.15, 0.2) is 0 Å². The number of urea groups is 1. The zero-order valence-corrected chi connectivity index (χ0v) is 14.1. The van der Waals surface area contributed by atoms with E-state index in [0.29, 0.717) is 11.6 Å². The fraction of sp³-hybridized carbons (Fsp3) is 0.438. The SMILES string of the molecule is O=C(NCCCn1ccnc1)N[C@H]1CCN(c2ncccc2Cl)C1. The third-order valence-electron chi connectivity index (χ3n) is 4.00. The van der Waals surface area contributed by atoms with E-state index in [1.54, 1.807) is 18.7 Å². The minimum atomic E-state index is -0.125. The maximum absolute atomic E-state index is 12.0. The Morgan fingerprint density at radius 1 is 1.42 bits per heavy atom. The first kappa shape index (κ1) is 16.6. The van der Waals surface area contributed by atoms with E-state index >= 15 is 0 Å². The van der Waals surface area contributed by atoms with Gasteiger partial charge in [-0.05, 0) is 25.0 Å². The average molecular weight is 349 g/mol. The third-order valence-corrected chi connectivity index (χ3v) is 4.29. The summed E-state index contributed by atoms with van der Waals surface area (Å²) in [5, 5.41) is 6.54. The van der Waals surface area contributed by atoms with Crippen LogP contribution in [0.25, 0.3) is 0 Å². The number of nitrogens with zero attached hydrogens (tertiary/aromatic N) is 4. The monoisotopic (exact) mass is 348 g/mol. The number of hydrogen-bond donors (Lipinski definition) is 2. The predicted molar refractivity (Wildman–Crippen MR) is 93.2 cm³/mol. The molecule has 1 aliphatic heterocycles. The molecule has 2 amide bonds. The van der Waals surface area contributed by atoms with Gasteiger partial charge in [0, 0.05) is 50.8 Å². The molecule has 0 radical (unpaired) electrons. The van der Waals surface area contributed by atoms with Crippen molar-refractivity contribution < 1.29 is 4.79 Å². The quantitative estimate of drug-likeness (QED) is 0.782. The van der Waals surface area contributed by atoms with Crippen LogP contribution in [0.1, 0.15) is 12.8 Å². The smallest absolute Gasteiger partial charge is 0.315 e. The van der Waals surface area contributed by atoms with Crippen molar-refractivity contribution >= 4 is 23.4 Å². The molecule has 8 heteroatoms. The lowest BCUT2D eigenvalue weighted by Crippen LogP contribution is -2.43. The fourth-order valence-corrected chi connectivity index (χ4v) is 3.04. The Morgan fingerprint density at radius 2 is 2.33 bits per heavy atom. The van der Waals surface area contributed by atoms with Gasteiger partial charge < -0.3 is 20.1 Å². The molecule has 0 aromatic carbocycles. The molecular formula is C16H21ClN6O. The van der Waals surface area contributed by atoms with E-state index in [-0.39, 0.29) is 12.1 Å². The summed E-state index contributed by atoms with van der Waals surface area (Å²) in [6, 6.07) is 3.63. The lowest BCUT2D eigenvalue weighted by atomic mass is 10.3. The highest BCUT2D eigenvalue weighted by Gasteiger charge is 2.25. The molecule has 1 aliphatic rings. The van der Waals surface area contributed by atoms with E-state index in [1.807, 2.05) is 22.9 Å². The Kier molecular flexibility index (Phi) is 5.53. The Bertz CT molecular complexity index is 662. The molecule has 3 heterocycles. The summed E-state index contributed by atoms with van der Waals surface area (Å²) in [6.07, 6.45) is 8.92. The number of rotatable bonds is 6. The highest BCUT2D eigenvalue weighted by Crippen LogP contribution is 2.25. The van der Waals surface area contributed by atoms with Crippen LogP contribution in [0.5, 0.6) is 0 Å². The average Bonchev–Trinajstić information content (AvgIpc) is 3.24. The zero-order valence-electron chi connectivity index (χ0n) is 13.4. The Labute approximate surface area is 146 Å². The van der Waals surface area contributed by atoms with E-state index in [0.717, 1.165) is 38.3 Å². The number of imidazole rings is 1. The van der Waals surface area contributed by atoms with Gasteiger partial charge in [-0.1, -0.05) is 11.6 Å². The van der Waals surface area contributed by atoms with Gasteiger partial charge in [0.25, 0.3) is 0 Å². The summed E-state index contributed by atoms with van der Waals surface area (Å²) >= 11 is 6.17. The van der Waals surface area contributed by atoms with E-state index in [1.165, 1.54) is 0 Å². The molecule has 24 heavy (non-hydrogen) atoms. The van der Waals surface area contributed by atoms with Gasteiger partial charge in [-0.15, -0.1) is 0 Å². The number of anilines is 1. The van der Waals surface area contributed by atoms with Crippen LogP contribution in [0, 0.1) is 0 Å². The molecule has 2 aromatic heterocycles. The summed E-state index contributed by atoms with van der Waals surface area (Å²) in [5.74, 6) is 0.782. The summed E-state index contributed by atoms with van der Waals surface area (Å²) in [7, 11) is 0. The molecule has 2 aromatic rings. The maximum Gasteiger partial charge on any atom is 0.315 e. The lowest BCUT2D eigenvalue weighted by Gasteiger charge is -2.19. The van der Waals surface area contributed by atoms with Crippen LogP contribution in [-0.2, 0) is 6.54 Å². The zero-order chi connectivity index (χ0) is 16.8. The second-order valence-corrected chi connectivity index (χ2v) is 6.20. The number of aromatic nitrogens is 3. The number of aryl methyl sites for hydroxylation is 1. The molecular weight excluding hydrogens is 328 g/mol. The van der Waals surface area contributed by atoms with Crippen molar-refractivity contribution in [2.75, 3.05) is 24.5 Å². The van der Waals surface area contributed by atoms with E-state index in [2.05, 4.69) is 25.5 Å². The van der Waals surface area contributed by atoms with Crippen molar-refractivity contribution in [1.29, 1.82) is 0 Å². The second-order valence-electron chi connectivity index (χ2n) is 5.79.